The van der Waals surface area contributed by atoms with Crippen LogP contribution in [0.15, 0.2) is 36.4 Å². The average molecular weight is 257 g/mol. The maximum Gasteiger partial charge on any atom is 0.203 e. The van der Waals surface area contributed by atoms with Gasteiger partial charge in [-0.1, -0.05) is 29.5 Å². The van der Waals surface area contributed by atoms with Crippen molar-refractivity contribution in [2.45, 2.75) is 0 Å². The highest BCUT2D eigenvalue weighted by molar-refractivity contribution is 7.18. The first kappa shape index (κ1) is 11.0. The number of aromatic nitrogens is 2. The third-order valence-electron chi connectivity index (χ3n) is 2.73. The van der Waals surface area contributed by atoms with E-state index in [-0.39, 0.29) is 0 Å². The van der Waals surface area contributed by atoms with Gasteiger partial charge in [-0.3, -0.25) is 0 Å². The number of hydrogen-bond donors (Lipinski definition) is 1. The molecule has 1 aromatic heterocycles. The Morgan fingerprint density at radius 2 is 1.83 bits per heavy atom. The summed E-state index contributed by atoms with van der Waals surface area (Å²) in [6, 6.07) is 12.1. The predicted molar refractivity (Wildman–Crippen MR) is 73.8 cm³/mol. The van der Waals surface area contributed by atoms with Gasteiger partial charge in [0.05, 0.1) is 7.11 Å². The second-order valence-corrected chi connectivity index (χ2v) is 4.88. The van der Waals surface area contributed by atoms with Crippen LogP contribution in [0.25, 0.3) is 21.3 Å². The van der Waals surface area contributed by atoms with Gasteiger partial charge in [-0.05, 0) is 29.0 Å². The summed E-state index contributed by atoms with van der Waals surface area (Å²) in [5.41, 5.74) is 6.62. The molecule has 0 aliphatic heterocycles. The first-order valence-electron chi connectivity index (χ1n) is 5.43. The zero-order valence-corrected chi connectivity index (χ0v) is 10.6. The van der Waals surface area contributed by atoms with Gasteiger partial charge in [0.15, 0.2) is 0 Å². The van der Waals surface area contributed by atoms with Crippen LogP contribution in [0.2, 0.25) is 0 Å². The normalized spacial score (nSPS) is 10.7. The fourth-order valence-corrected chi connectivity index (χ4v) is 2.44. The van der Waals surface area contributed by atoms with E-state index >= 15 is 0 Å². The second-order valence-electron chi connectivity index (χ2n) is 3.87. The Labute approximate surface area is 108 Å². The van der Waals surface area contributed by atoms with Crippen molar-refractivity contribution in [3.05, 3.63) is 36.4 Å². The Kier molecular flexibility index (Phi) is 2.60. The summed E-state index contributed by atoms with van der Waals surface area (Å²) in [6.07, 6.45) is 0. The third-order valence-corrected chi connectivity index (χ3v) is 3.54. The Morgan fingerprint density at radius 1 is 1.06 bits per heavy atom. The number of nitrogens with zero attached hydrogens (tertiary/aromatic N) is 2. The molecule has 3 rings (SSSR count). The van der Waals surface area contributed by atoms with E-state index in [1.54, 1.807) is 7.11 Å². The second kappa shape index (κ2) is 4.27. The summed E-state index contributed by atoms with van der Waals surface area (Å²) in [5, 5.41) is 11.5. The topological polar surface area (TPSA) is 61.0 Å². The average Bonchev–Trinajstić information content (AvgIpc) is 2.84. The highest BCUT2D eigenvalue weighted by Gasteiger charge is 2.05. The van der Waals surface area contributed by atoms with E-state index in [9.17, 15) is 0 Å². The lowest BCUT2D eigenvalue weighted by Crippen LogP contribution is -1.83. The molecule has 0 amide bonds. The number of nitrogen functional groups attached to an aromatic ring is 1. The van der Waals surface area contributed by atoms with Crippen molar-refractivity contribution in [1.29, 1.82) is 0 Å². The molecule has 3 aromatic rings. The molecule has 0 radical (unpaired) electrons. The van der Waals surface area contributed by atoms with Crippen LogP contribution in [0.5, 0.6) is 5.75 Å². The van der Waals surface area contributed by atoms with Crippen molar-refractivity contribution in [3.8, 4) is 16.3 Å². The van der Waals surface area contributed by atoms with Gasteiger partial charge in [0, 0.05) is 5.56 Å². The van der Waals surface area contributed by atoms with Crippen molar-refractivity contribution in [3.63, 3.8) is 0 Å². The van der Waals surface area contributed by atoms with Gasteiger partial charge in [-0.15, -0.1) is 10.2 Å². The highest BCUT2D eigenvalue weighted by atomic mass is 32.1. The molecule has 0 atom stereocenters. The van der Waals surface area contributed by atoms with Crippen LogP contribution in [0, 0.1) is 0 Å². The van der Waals surface area contributed by atoms with Crippen LogP contribution >= 0.6 is 11.3 Å². The largest absolute Gasteiger partial charge is 0.497 e. The number of ether oxygens (including phenoxy) is 1. The van der Waals surface area contributed by atoms with Crippen LogP contribution in [0.1, 0.15) is 0 Å². The standard InChI is InChI=1S/C13H11N3OS/c1-17-11-5-4-8-6-10(3-2-9(8)7-11)12-15-16-13(14)18-12/h2-7H,1H3,(H2,14,16). The minimum Gasteiger partial charge on any atom is -0.497 e. The van der Waals surface area contributed by atoms with E-state index in [2.05, 4.69) is 16.3 Å². The number of nitrogens with two attached hydrogens (primary N) is 1. The molecular weight excluding hydrogens is 246 g/mol. The fourth-order valence-electron chi connectivity index (χ4n) is 1.84. The third kappa shape index (κ3) is 1.89. The summed E-state index contributed by atoms with van der Waals surface area (Å²) in [7, 11) is 1.67. The Bertz CT molecular complexity index is 708. The molecule has 0 unspecified atom stereocenters. The lowest BCUT2D eigenvalue weighted by Gasteiger charge is -2.03. The van der Waals surface area contributed by atoms with Crippen LogP contribution in [0.4, 0.5) is 5.13 Å². The number of anilines is 1. The lowest BCUT2D eigenvalue weighted by atomic mass is 10.1. The number of methoxy groups -OCH3 is 1. The van der Waals surface area contributed by atoms with Gasteiger partial charge >= 0.3 is 0 Å². The molecule has 4 nitrogen and oxygen atoms in total. The maximum atomic E-state index is 5.59. The zero-order valence-electron chi connectivity index (χ0n) is 9.75. The summed E-state index contributed by atoms with van der Waals surface area (Å²) in [4.78, 5) is 0. The molecule has 90 valence electrons. The summed E-state index contributed by atoms with van der Waals surface area (Å²) < 4.78 is 5.20. The molecule has 2 aromatic carbocycles. The molecule has 2 N–H and O–H groups in total. The SMILES string of the molecule is COc1ccc2cc(-c3nnc(N)s3)ccc2c1. The van der Waals surface area contributed by atoms with Gasteiger partial charge in [0.25, 0.3) is 0 Å². The summed E-state index contributed by atoms with van der Waals surface area (Å²) in [6.45, 7) is 0. The molecule has 0 bridgehead atoms. The fraction of sp³-hybridized carbons (Fsp3) is 0.0769. The molecule has 1 heterocycles. The predicted octanol–water partition coefficient (Wildman–Crippen LogP) is 2.95. The number of hydrogen-bond acceptors (Lipinski definition) is 5. The zero-order chi connectivity index (χ0) is 12.5. The molecule has 5 heteroatoms. The molecule has 0 saturated carbocycles. The molecule has 0 aliphatic rings. The monoisotopic (exact) mass is 257 g/mol. The summed E-state index contributed by atoms with van der Waals surface area (Å²) >= 11 is 1.39. The molecule has 0 aliphatic carbocycles. The minimum atomic E-state index is 0.486. The van der Waals surface area contributed by atoms with Crippen molar-refractivity contribution >= 4 is 27.2 Å². The summed E-state index contributed by atoms with van der Waals surface area (Å²) in [5.74, 6) is 0.857. The Hall–Kier alpha value is -2.14. The lowest BCUT2D eigenvalue weighted by molar-refractivity contribution is 0.415. The number of rotatable bonds is 2. The number of fused-ring (bicyclic) bond motifs is 1. The van der Waals surface area contributed by atoms with Crippen LogP contribution in [-0.4, -0.2) is 17.3 Å². The van der Waals surface area contributed by atoms with Gasteiger partial charge < -0.3 is 10.5 Å². The van der Waals surface area contributed by atoms with Gasteiger partial charge in [0.2, 0.25) is 5.13 Å². The van der Waals surface area contributed by atoms with Crippen molar-refractivity contribution in [2.24, 2.45) is 0 Å². The van der Waals surface area contributed by atoms with Crippen molar-refractivity contribution < 1.29 is 4.74 Å². The van der Waals surface area contributed by atoms with Gasteiger partial charge in [-0.2, -0.15) is 0 Å². The van der Waals surface area contributed by atoms with Crippen LogP contribution < -0.4 is 10.5 Å². The van der Waals surface area contributed by atoms with E-state index in [0.717, 1.165) is 27.1 Å². The quantitative estimate of drug-likeness (QED) is 0.766. The minimum absolute atomic E-state index is 0.486. The van der Waals surface area contributed by atoms with Gasteiger partial charge in [0.1, 0.15) is 10.8 Å². The molecular formula is C13H11N3OS. The highest BCUT2D eigenvalue weighted by Crippen LogP contribution is 2.29. The Morgan fingerprint density at radius 3 is 2.56 bits per heavy atom. The van der Waals surface area contributed by atoms with Crippen molar-refractivity contribution in [2.75, 3.05) is 12.8 Å². The first-order valence-corrected chi connectivity index (χ1v) is 6.25. The van der Waals surface area contributed by atoms with Gasteiger partial charge in [-0.25, -0.2) is 0 Å². The van der Waals surface area contributed by atoms with Crippen LogP contribution in [0.3, 0.4) is 0 Å². The van der Waals surface area contributed by atoms with Crippen LogP contribution in [-0.2, 0) is 0 Å². The molecule has 0 saturated heterocycles. The van der Waals surface area contributed by atoms with E-state index in [1.807, 2.05) is 30.3 Å². The smallest absolute Gasteiger partial charge is 0.203 e. The molecule has 0 fully saturated rings. The maximum absolute atomic E-state index is 5.59. The first-order chi connectivity index (χ1) is 8.76. The van der Waals surface area contributed by atoms with E-state index in [4.69, 9.17) is 10.5 Å². The number of benzene rings is 2. The Balaban J connectivity index is 2.11. The molecule has 0 spiro atoms. The van der Waals surface area contributed by atoms with Crippen molar-refractivity contribution in [1.82, 2.24) is 10.2 Å². The van der Waals surface area contributed by atoms with E-state index < -0.39 is 0 Å². The van der Waals surface area contributed by atoms with E-state index in [0.29, 0.717) is 5.13 Å². The molecule has 18 heavy (non-hydrogen) atoms. The van der Waals surface area contributed by atoms with E-state index in [1.165, 1.54) is 11.3 Å².